The molecule has 5 N–H and O–H groups in total. The number of anilines is 1. The maximum atomic E-state index is 13.7. The van der Waals surface area contributed by atoms with Gasteiger partial charge in [0.2, 0.25) is 0 Å². The first-order valence-electron chi connectivity index (χ1n) is 11.0. The summed E-state index contributed by atoms with van der Waals surface area (Å²) in [5.41, 5.74) is 1.01. The number of benzene rings is 2. The van der Waals surface area contributed by atoms with E-state index in [4.69, 9.17) is 26.1 Å². The fourth-order valence-corrected chi connectivity index (χ4v) is 4.68. The first-order valence-corrected chi connectivity index (χ1v) is 13.8. The van der Waals surface area contributed by atoms with Gasteiger partial charge in [-0.15, -0.1) is 0 Å². The van der Waals surface area contributed by atoms with E-state index < -0.39 is 51.1 Å². The van der Waals surface area contributed by atoms with Crippen molar-refractivity contribution in [1.29, 1.82) is 0 Å². The number of hydrogen-bond acceptors (Lipinski definition) is 8. The van der Waals surface area contributed by atoms with Gasteiger partial charge in [0.1, 0.15) is 12.4 Å². The van der Waals surface area contributed by atoms with Crippen LogP contribution in [0.25, 0.3) is 10.2 Å². The highest BCUT2D eigenvalue weighted by Gasteiger charge is 2.27. The van der Waals surface area contributed by atoms with Gasteiger partial charge in [-0.3, -0.25) is 9.84 Å². The number of carbonyl (C=O) groups excluding carboxylic acids is 2. The van der Waals surface area contributed by atoms with Gasteiger partial charge in [-0.05, 0) is 30.2 Å². The monoisotopic (exact) mass is 590 g/mol. The Labute approximate surface area is 225 Å². The molecule has 1 heterocycles. The van der Waals surface area contributed by atoms with E-state index in [1.54, 1.807) is 12.1 Å². The topological polar surface area (TPSA) is 171 Å². The van der Waals surface area contributed by atoms with Crippen LogP contribution in [0.2, 0.25) is 5.02 Å². The Bertz CT molecular complexity index is 1290. The Morgan fingerprint density at radius 3 is 2.66 bits per heavy atom. The predicted octanol–water partition coefficient (Wildman–Crippen LogP) is 3.71. The molecule has 3 aromatic rings. The number of para-hydroxylation sites is 1. The van der Waals surface area contributed by atoms with Crippen molar-refractivity contribution in [3.05, 3.63) is 58.9 Å². The molecule has 0 saturated heterocycles. The molecule has 16 heteroatoms. The summed E-state index contributed by atoms with van der Waals surface area (Å²) in [5.74, 6) is -0.648. The van der Waals surface area contributed by atoms with E-state index in [0.717, 1.165) is 9.60 Å². The lowest BCUT2D eigenvalue weighted by molar-refractivity contribution is 0.0452. The number of carbonyl (C=O) groups is 2. The van der Waals surface area contributed by atoms with E-state index in [1.165, 1.54) is 36.6 Å². The molecule has 0 saturated carbocycles. The second-order valence-corrected chi connectivity index (χ2v) is 10.7. The van der Waals surface area contributed by atoms with Gasteiger partial charge in [-0.25, -0.2) is 23.5 Å². The van der Waals surface area contributed by atoms with Crippen LogP contribution in [0.1, 0.15) is 12.0 Å². The highest BCUT2D eigenvalue weighted by atomic mass is 35.5. The number of likely N-dealkylation sites (N-methyl/N-ethyl adjacent to an activating group) is 1. The smallest absolute Gasteiger partial charge is 0.447 e. The van der Waals surface area contributed by atoms with E-state index >= 15 is 0 Å². The van der Waals surface area contributed by atoms with E-state index in [9.17, 15) is 23.7 Å². The summed E-state index contributed by atoms with van der Waals surface area (Å²) in [5, 5.41) is 15.4. The average molecular weight is 591 g/mol. The fraction of sp³-hybridized carbons (Fsp3) is 0.318. The predicted molar refractivity (Wildman–Crippen MR) is 138 cm³/mol. The number of aliphatic hydroxyl groups excluding tert-OH is 1. The summed E-state index contributed by atoms with van der Waals surface area (Å²) < 4.78 is 35.0. The molecule has 2 atom stereocenters. The van der Waals surface area contributed by atoms with Gasteiger partial charge >= 0.3 is 19.9 Å². The van der Waals surface area contributed by atoms with Crippen LogP contribution in [-0.4, -0.2) is 69.3 Å². The Morgan fingerprint density at radius 2 is 1.95 bits per heavy atom. The molecular formula is C22H25ClFN4O8PS. The molecule has 0 aliphatic rings. The van der Waals surface area contributed by atoms with Gasteiger partial charge in [-0.1, -0.05) is 47.2 Å². The number of hydrogen-bond donors (Lipinski definition) is 5. The molecule has 0 radical (unpaired) electrons. The van der Waals surface area contributed by atoms with Gasteiger partial charge in [-0.2, -0.15) is 0 Å². The van der Waals surface area contributed by atoms with E-state index in [1.807, 2.05) is 12.1 Å². The Morgan fingerprint density at radius 1 is 1.21 bits per heavy atom. The summed E-state index contributed by atoms with van der Waals surface area (Å²) in [7, 11) is -3.48. The number of nitrogens with zero attached hydrogens (tertiary/aromatic N) is 2. The Hall–Kier alpha value is -2.84. The number of aliphatic hydroxyl groups is 1. The Kier molecular flexibility index (Phi) is 10.4. The van der Waals surface area contributed by atoms with Crippen LogP contribution >= 0.6 is 30.8 Å². The molecule has 206 valence electrons. The number of ether oxygens (including phenoxy) is 1. The largest absolute Gasteiger partial charge is 0.469 e. The summed E-state index contributed by atoms with van der Waals surface area (Å²) >= 11 is 7.15. The van der Waals surface area contributed by atoms with Crippen LogP contribution in [0.3, 0.4) is 0 Å². The first-order chi connectivity index (χ1) is 17.9. The van der Waals surface area contributed by atoms with Crippen LogP contribution < -0.4 is 10.6 Å². The molecular weight excluding hydrogens is 566 g/mol. The maximum Gasteiger partial charge on any atom is 0.469 e. The van der Waals surface area contributed by atoms with Crippen LogP contribution in [0.4, 0.5) is 19.1 Å². The zero-order valence-electron chi connectivity index (χ0n) is 19.9. The van der Waals surface area contributed by atoms with Crippen molar-refractivity contribution in [2.75, 3.05) is 25.6 Å². The van der Waals surface area contributed by atoms with Gasteiger partial charge < -0.3 is 29.8 Å². The number of phosphoric ester groups is 1. The summed E-state index contributed by atoms with van der Waals surface area (Å²) in [6.45, 7) is -1.24. The molecule has 38 heavy (non-hydrogen) atoms. The summed E-state index contributed by atoms with van der Waals surface area (Å²) in [6, 6.07) is 9.77. The molecule has 0 unspecified atom stereocenters. The molecule has 0 fully saturated rings. The van der Waals surface area contributed by atoms with Gasteiger partial charge in [0.25, 0.3) is 0 Å². The second-order valence-electron chi connectivity index (χ2n) is 8.02. The van der Waals surface area contributed by atoms with Gasteiger partial charge in [0, 0.05) is 13.6 Å². The van der Waals surface area contributed by atoms with Crippen molar-refractivity contribution in [3.8, 4) is 0 Å². The van der Waals surface area contributed by atoms with Gasteiger partial charge in [0.15, 0.2) is 5.13 Å². The molecule has 0 aliphatic heterocycles. The van der Waals surface area contributed by atoms with E-state index in [2.05, 4.69) is 20.1 Å². The zero-order chi connectivity index (χ0) is 27.9. The third-order valence-electron chi connectivity index (χ3n) is 5.22. The first kappa shape index (κ1) is 29.7. The lowest BCUT2D eigenvalue weighted by atomic mass is 10.1. The SMILES string of the molecule is CN(C(=O)NCc1cccc(F)c1Cl)[C@H](COC(=O)Nc1nc2ccccc2s1)C[C@H](O)COP(=O)(O)O. The molecule has 12 nitrogen and oxygen atoms in total. The van der Waals surface area contributed by atoms with Crippen molar-refractivity contribution >= 4 is 58.2 Å². The van der Waals surface area contributed by atoms with Crippen LogP contribution in [0, 0.1) is 5.82 Å². The number of nitrogens with one attached hydrogen (secondary N) is 2. The van der Waals surface area contributed by atoms with Crippen molar-refractivity contribution in [2.24, 2.45) is 0 Å². The van der Waals surface area contributed by atoms with Crippen LogP contribution in [0.5, 0.6) is 0 Å². The average Bonchev–Trinajstić information content (AvgIpc) is 3.27. The molecule has 0 spiro atoms. The van der Waals surface area contributed by atoms with Crippen molar-refractivity contribution in [3.63, 3.8) is 0 Å². The number of rotatable bonds is 11. The highest BCUT2D eigenvalue weighted by Crippen LogP contribution is 2.36. The number of fused-ring (bicyclic) bond motifs is 1. The fourth-order valence-electron chi connectivity index (χ4n) is 3.27. The van der Waals surface area contributed by atoms with Crippen molar-refractivity contribution < 1.29 is 42.7 Å². The minimum atomic E-state index is -4.84. The molecule has 1 aromatic heterocycles. The van der Waals surface area contributed by atoms with Crippen molar-refractivity contribution in [2.45, 2.75) is 25.1 Å². The maximum absolute atomic E-state index is 13.7. The number of aromatic nitrogens is 1. The van der Waals surface area contributed by atoms with Crippen LogP contribution in [-0.2, 0) is 20.4 Å². The zero-order valence-corrected chi connectivity index (χ0v) is 22.4. The third-order valence-corrected chi connectivity index (χ3v) is 7.08. The van der Waals surface area contributed by atoms with Gasteiger partial charge in [0.05, 0.1) is 34.0 Å². The minimum absolute atomic E-state index is 0.116. The quantitative estimate of drug-likeness (QED) is 0.209. The number of phosphoric acid groups is 1. The molecule has 0 aliphatic carbocycles. The molecule has 3 rings (SSSR count). The lowest BCUT2D eigenvalue weighted by Gasteiger charge is -2.29. The standard InChI is InChI=1S/C22H25ClFN4O8PS/c1-28(21(30)25-10-13-5-4-6-16(24)19(13)23)14(9-15(29)12-36-37(32,33)34)11-35-22(31)27-20-26-17-7-2-3-8-18(17)38-20/h2-8,14-15,29H,9-12H2,1H3,(H,25,30)(H,26,27,31)(H2,32,33,34)/t14-,15-/m0/s1. The summed E-state index contributed by atoms with van der Waals surface area (Å²) in [4.78, 5) is 48.3. The summed E-state index contributed by atoms with van der Waals surface area (Å²) in [6.07, 6.45) is -2.55. The highest BCUT2D eigenvalue weighted by molar-refractivity contribution is 7.46. The van der Waals surface area contributed by atoms with E-state index in [-0.39, 0.29) is 18.0 Å². The number of thiazole rings is 1. The molecule has 0 bridgehead atoms. The number of amides is 3. The second kappa shape index (κ2) is 13.3. The van der Waals surface area contributed by atoms with Crippen LogP contribution in [0.15, 0.2) is 42.5 Å². The minimum Gasteiger partial charge on any atom is -0.447 e. The van der Waals surface area contributed by atoms with Crippen molar-refractivity contribution in [1.82, 2.24) is 15.2 Å². The van der Waals surface area contributed by atoms with E-state index in [0.29, 0.717) is 16.2 Å². The normalized spacial score (nSPS) is 13.1. The number of halogens is 2. The Balaban J connectivity index is 1.63. The molecule has 2 aromatic carbocycles. The molecule has 3 amide bonds. The number of urea groups is 1. The lowest BCUT2D eigenvalue weighted by Crippen LogP contribution is -2.47. The third kappa shape index (κ3) is 8.88.